The molecule has 0 radical (unpaired) electrons. The second-order valence-electron chi connectivity index (χ2n) is 8.43. The number of aromatic nitrogens is 3. The number of furan rings is 1. The molecule has 6 rings (SSSR count). The Balaban J connectivity index is 1.22. The van der Waals surface area contributed by atoms with Crippen molar-refractivity contribution in [1.29, 1.82) is 0 Å². The third-order valence-electron chi connectivity index (χ3n) is 5.85. The molecule has 6 aromatic rings. The first-order valence-electron chi connectivity index (χ1n) is 11.7. The van der Waals surface area contributed by atoms with Gasteiger partial charge in [0.25, 0.3) is 5.19 Å². The van der Waals surface area contributed by atoms with Crippen LogP contribution < -0.4 is 18.9 Å². The lowest BCUT2D eigenvalue weighted by atomic mass is 10.2. The van der Waals surface area contributed by atoms with E-state index >= 15 is 0 Å². The number of halogens is 1. The van der Waals surface area contributed by atoms with Gasteiger partial charge < -0.3 is 23.4 Å². The zero-order chi connectivity index (χ0) is 26.1. The van der Waals surface area contributed by atoms with Crippen molar-refractivity contribution >= 4 is 38.9 Å². The molecule has 0 saturated carbocycles. The first-order chi connectivity index (χ1) is 18.6. The molecule has 192 valence electrons. The van der Waals surface area contributed by atoms with E-state index < -0.39 is 0 Å². The Morgan fingerprint density at radius 1 is 0.895 bits per heavy atom. The summed E-state index contributed by atoms with van der Waals surface area (Å²) in [5.74, 6) is 2.62. The highest BCUT2D eigenvalue weighted by atomic mass is 35.5. The molecule has 0 bridgehead atoms. The number of benzene rings is 3. The Bertz CT molecular complexity index is 1710. The lowest BCUT2D eigenvalue weighted by Crippen LogP contribution is -1.99. The summed E-state index contributed by atoms with van der Waals surface area (Å²) in [6, 6.07) is 21.0. The molecule has 3 aromatic carbocycles. The van der Waals surface area contributed by atoms with Crippen LogP contribution in [0.2, 0.25) is 5.02 Å². The van der Waals surface area contributed by atoms with E-state index in [-0.39, 0.29) is 0 Å². The van der Waals surface area contributed by atoms with Gasteiger partial charge in [-0.1, -0.05) is 35.9 Å². The van der Waals surface area contributed by atoms with Crippen LogP contribution >= 0.6 is 22.9 Å². The first kappa shape index (κ1) is 24.1. The lowest BCUT2D eigenvalue weighted by Gasteiger charge is -2.11. The van der Waals surface area contributed by atoms with Gasteiger partial charge in [-0.25, -0.2) is 9.50 Å². The molecular weight excluding hydrogens is 526 g/mol. The normalized spacial score (nSPS) is 11.2. The topological polar surface area (TPSA) is 80.2 Å². The highest BCUT2D eigenvalue weighted by Gasteiger charge is 2.17. The van der Waals surface area contributed by atoms with Gasteiger partial charge in [-0.15, -0.1) is 5.10 Å². The van der Waals surface area contributed by atoms with E-state index in [1.807, 2.05) is 66.7 Å². The van der Waals surface area contributed by atoms with Gasteiger partial charge in [-0.2, -0.15) is 0 Å². The van der Waals surface area contributed by atoms with Gasteiger partial charge >= 0.3 is 0 Å². The largest absolute Gasteiger partial charge is 0.496 e. The number of hydrogen-bond donors (Lipinski definition) is 0. The highest BCUT2D eigenvalue weighted by Crippen LogP contribution is 2.37. The molecule has 3 heterocycles. The Morgan fingerprint density at radius 2 is 1.71 bits per heavy atom. The first-order valence-corrected chi connectivity index (χ1v) is 12.9. The Hall–Kier alpha value is -4.21. The summed E-state index contributed by atoms with van der Waals surface area (Å²) in [4.78, 5) is 5.33. The van der Waals surface area contributed by atoms with Gasteiger partial charge in [0.2, 0.25) is 4.96 Å². The van der Waals surface area contributed by atoms with Crippen molar-refractivity contribution in [1.82, 2.24) is 14.6 Å². The molecule has 3 aromatic heterocycles. The number of nitrogens with zero attached hydrogens (tertiary/aromatic N) is 3. The lowest BCUT2D eigenvalue weighted by molar-refractivity contribution is 0.296. The molecule has 38 heavy (non-hydrogen) atoms. The minimum atomic E-state index is 0.334. The number of imidazole rings is 1. The number of rotatable bonds is 9. The Morgan fingerprint density at radius 3 is 2.50 bits per heavy atom. The molecule has 8 nitrogen and oxygen atoms in total. The molecule has 0 atom stereocenters. The number of hydrogen-bond acceptors (Lipinski definition) is 8. The zero-order valence-electron chi connectivity index (χ0n) is 20.5. The predicted octanol–water partition coefficient (Wildman–Crippen LogP) is 7.03. The minimum Gasteiger partial charge on any atom is -0.496 e. The zero-order valence-corrected chi connectivity index (χ0v) is 22.1. The number of fused-ring (bicyclic) bond motifs is 2. The molecule has 10 heteroatoms. The van der Waals surface area contributed by atoms with E-state index in [0.717, 1.165) is 22.3 Å². The van der Waals surface area contributed by atoms with Crippen LogP contribution in [-0.4, -0.2) is 28.8 Å². The highest BCUT2D eigenvalue weighted by molar-refractivity contribution is 7.18. The maximum atomic E-state index is 6.24. The van der Waals surface area contributed by atoms with Crippen molar-refractivity contribution in [2.75, 3.05) is 14.2 Å². The molecule has 0 spiro atoms. The van der Waals surface area contributed by atoms with Gasteiger partial charge in [0.1, 0.15) is 41.7 Å². The molecule has 0 unspecified atom stereocenters. The standard InChI is InChI=1S/C28H22ClN3O5S/c1-33-21-11-24(36-16-18-6-4-8-20(10-18)35-15-17-5-3-7-19(29)9-17)22-13-26(37-25(22)12-21)23-14-32-27(30-23)38-28(31-32)34-2/h3-14H,15-16H2,1-2H3. The minimum absolute atomic E-state index is 0.334. The van der Waals surface area contributed by atoms with E-state index in [0.29, 0.717) is 56.9 Å². The average molecular weight is 548 g/mol. The van der Waals surface area contributed by atoms with Crippen LogP contribution in [0.4, 0.5) is 0 Å². The van der Waals surface area contributed by atoms with Crippen molar-refractivity contribution in [2.24, 2.45) is 0 Å². The van der Waals surface area contributed by atoms with Crippen molar-refractivity contribution in [2.45, 2.75) is 13.2 Å². The van der Waals surface area contributed by atoms with Crippen molar-refractivity contribution in [3.05, 3.63) is 89.1 Å². The number of methoxy groups -OCH3 is 2. The molecular formula is C28H22ClN3O5S. The monoisotopic (exact) mass is 547 g/mol. The SMILES string of the molecule is COc1cc(OCc2cccc(OCc3cccc(Cl)c3)c2)c2cc(-c3cn4nc(OC)sc4n3)oc2c1. The fourth-order valence-electron chi connectivity index (χ4n) is 4.01. The van der Waals surface area contributed by atoms with Gasteiger partial charge in [0.15, 0.2) is 5.76 Å². The van der Waals surface area contributed by atoms with Crippen LogP contribution in [0.15, 0.2) is 77.3 Å². The molecule has 0 N–H and O–H groups in total. The van der Waals surface area contributed by atoms with Crippen LogP contribution in [0.25, 0.3) is 27.4 Å². The van der Waals surface area contributed by atoms with E-state index in [9.17, 15) is 0 Å². The summed E-state index contributed by atoms with van der Waals surface area (Å²) < 4.78 is 30.7. The van der Waals surface area contributed by atoms with Gasteiger partial charge in [0.05, 0.1) is 25.8 Å². The van der Waals surface area contributed by atoms with Crippen molar-refractivity contribution in [3.63, 3.8) is 0 Å². The fraction of sp³-hybridized carbons (Fsp3) is 0.143. The van der Waals surface area contributed by atoms with Crippen LogP contribution in [0.5, 0.6) is 22.4 Å². The van der Waals surface area contributed by atoms with Gasteiger partial charge in [-0.05, 0) is 52.8 Å². The third-order valence-corrected chi connectivity index (χ3v) is 6.97. The summed E-state index contributed by atoms with van der Waals surface area (Å²) in [5.41, 5.74) is 3.26. The van der Waals surface area contributed by atoms with Crippen LogP contribution in [0.3, 0.4) is 0 Å². The summed E-state index contributed by atoms with van der Waals surface area (Å²) in [7, 11) is 3.19. The predicted molar refractivity (Wildman–Crippen MR) is 146 cm³/mol. The molecule has 0 aliphatic carbocycles. The second-order valence-corrected chi connectivity index (χ2v) is 9.78. The number of ether oxygens (including phenoxy) is 4. The van der Waals surface area contributed by atoms with Crippen LogP contribution in [-0.2, 0) is 13.2 Å². The Kier molecular flexibility index (Phi) is 6.53. The van der Waals surface area contributed by atoms with E-state index in [1.165, 1.54) is 11.3 Å². The van der Waals surface area contributed by atoms with E-state index in [4.69, 9.17) is 35.0 Å². The molecule has 0 aliphatic rings. The Labute approximate surface area is 226 Å². The summed E-state index contributed by atoms with van der Waals surface area (Å²) >= 11 is 7.43. The summed E-state index contributed by atoms with van der Waals surface area (Å²) in [6.07, 6.45) is 1.80. The molecule has 0 saturated heterocycles. The summed E-state index contributed by atoms with van der Waals surface area (Å²) in [6.45, 7) is 0.758. The maximum absolute atomic E-state index is 6.24. The molecule has 0 aliphatic heterocycles. The van der Waals surface area contributed by atoms with Crippen LogP contribution in [0, 0.1) is 0 Å². The van der Waals surface area contributed by atoms with Crippen LogP contribution in [0.1, 0.15) is 11.1 Å². The van der Waals surface area contributed by atoms with Gasteiger partial charge in [-0.3, -0.25) is 0 Å². The fourth-order valence-corrected chi connectivity index (χ4v) is 4.92. The van der Waals surface area contributed by atoms with Gasteiger partial charge in [0, 0.05) is 17.2 Å². The third kappa shape index (κ3) is 4.98. The smallest absolute Gasteiger partial charge is 0.294 e. The van der Waals surface area contributed by atoms with E-state index in [2.05, 4.69) is 10.1 Å². The maximum Gasteiger partial charge on any atom is 0.294 e. The van der Waals surface area contributed by atoms with Crippen molar-refractivity contribution in [3.8, 4) is 33.9 Å². The summed E-state index contributed by atoms with van der Waals surface area (Å²) in [5, 5.41) is 6.37. The molecule has 0 fully saturated rings. The second kappa shape index (κ2) is 10.3. The quantitative estimate of drug-likeness (QED) is 0.192. The average Bonchev–Trinajstić information content (AvgIpc) is 3.64. The molecule has 0 amide bonds. The van der Waals surface area contributed by atoms with Crippen molar-refractivity contribution < 1.29 is 23.4 Å². The van der Waals surface area contributed by atoms with E-state index in [1.54, 1.807) is 24.9 Å².